The van der Waals surface area contributed by atoms with Crippen molar-refractivity contribution >= 4 is 28.2 Å². The van der Waals surface area contributed by atoms with Gasteiger partial charge in [-0.3, -0.25) is 4.79 Å². The van der Waals surface area contributed by atoms with Gasteiger partial charge in [0, 0.05) is 4.88 Å². The lowest BCUT2D eigenvalue weighted by molar-refractivity contribution is -0.111. The monoisotopic (exact) mass is 265 g/mol. The number of fused-ring (bicyclic) bond motifs is 1. The number of hydrogen-bond acceptors (Lipinski definition) is 4. The second-order valence-corrected chi connectivity index (χ2v) is 5.08. The topological polar surface area (TPSA) is 55.4 Å². The lowest BCUT2D eigenvalue weighted by atomic mass is 10.1. The highest BCUT2D eigenvalue weighted by Gasteiger charge is 2.27. The van der Waals surface area contributed by atoms with Gasteiger partial charge in [0.1, 0.15) is 5.00 Å². The highest BCUT2D eigenvalue weighted by atomic mass is 32.1. The van der Waals surface area contributed by atoms with E-state index in [0.29, 0.717) is 17.2 Å². The van der Waals surface area contributed by atoms with Crippen LogP contribution in [0.3, 0.4) is 0 Å². The molecule has 1 aliphatic rings. The quantitative estimate of drug-likeness (QED) is 0.672. The van der Waals surface area contributed by atoms with E-state index in [-0.39, 0.29) is 11.9 Å². The molecule has 0 radical (unpaired) electrons. The molecule has 1 heterocycles. The van der Waals surface area contributed by atoms with E-state index >= 15 is 0 Å². The third kappa shape index (κ3) is 2.31. The van der Waals surface area contributed by atoms with E-state index in [4.69, 9.17) is 4.74 Å². The Labute approximate surface area is 110 Å². The zero-order valence-corrected chi connectivity index (χ0v) is 11.1. The molecule has 5 heteroatoms. The van der Waals surface area contributed by atoms with E-state index in [1.54, 1.807) is 6.92 Å². The normalized spacial score (nSPS) is 12.9. The smallest absolute Gasteiger partial charge is 0.341 e. The summed E-state index contributed by atoms with van der Waals surface area (Å²) in [5, 5.41) is 3.28. The minimum Gasteiger partial charge on any atom is -0.462 e. The molecule has 18 heavy (non-hydrogen) atoms. The molecule has 0 saturated heterocycles. The van der Waals surface area contributed by atoms with Gasteiger partial charge in [-0.2, -0.15) is 0 Å². The predicted molar refractivity (Wildman–Crippen MR) is 71.1 cm³/mol. The molecule has 0 aromatic carbocycles. The van der Waals surface area contributed by atoms with Crippen LogP contribution in [0.25, 0.3) is 0 Å². The molecule has 0 fully saturated rings. The molecule has 0 saturated carbocycles. The maximum atomic E-state index is 12.0. The summed E-state index contributed by atoms with van der Waals surface area (Å²) < 4.78 is 5.06. The van der Waals surface area contributed by atoms with E-state index in [0.717, 1.165) is 24.8 Å². The Morgan fingerprint density at radius 2 is 2.28 bits per heavy atom. The molecule has 2 rings (SSSR count). The van der Waals surface area contributed by atoms with Gasteiger partial charge in [0.25, 0.3) is 0 Å². The second-order valence-electron chi connectivity index (χ2n) is 3.98. The van der Waals surface area contributed by atoms with E-state index in [2.05, 4.69) is 11.9 Å². The first-order valence-corrected chi connectivity index (χ1v) is 6.74. The van der Waals surface area contributed by atoms with Crippen molar-refractivity contribution in [1.29, 1.82) is 0 Å². The molecule has 1 aliphatic carbocycles. The number of ether oxygens (including phenoxy) is 1. The molecule has 1 aromatic heterocycles. The summed E-state index contributed by atoms with van der Waals surface area (Å²) in [7, 11) is 0. The van der Waals surface area contributed by atoms with Crippen LogP contribution in [-0.4, -0.2) is 18.5 Å². The molecule has 0 atom stereocenters. The number of esters is 1. The Bertz CT molecular complexity index is 505. The van der Waals surface area contributed by atoms with Gasteiger partial charge >= 0.3 is 5.97 Å². The van der Waals surface area contributed by atoms with Crippen LogP contribution < -0.4 is 5.32 Å². The maximum absolute atomic E-state index is 12.0. The average Bonchev–Trinajstić information content (AvgIpc) is 2.88. The number of nitrogens with one attached hydrogen (secondary N) is 1. The number of rotatable bonds is 4. The van der Waals surface area contributed by atoms with Gasteiger partial charge in [-0.05, 0) is 37.8 Å². The molecule has 0 aliphatic heterocycles. The van der Waals surface area contributed by atoms with Crippen LogP contribution in [0.15, 0.2) is 12.7 Å². The molecule has 1 amide bonds. The number of carbonyl (C=O) groups excluding carboxylic acids is 2. The fourth-order valence-electron chi connectivity index (χ4n) is 2.07. The van der Waals surface area contributed by atoms with Crippen molar-refractivity contribution in [2.24, 2.45) is 0 Å². The first-order chi connectivity index (χ1) is 8.67. The van der Waals surface area contributed by atoms with Crippen molar-refractivity contribution in [3.8, 4) is 0 Å². The van der Waals surface area contributed by atoms with Crippen molar-refractivity contribution in [3.05, 3.63) is 28.7 Å². The Balaban J connectivity index is 2.36. The summed E-state index contributed by atoms with van der Waals surface area (Å²) in [6.07, 6.45) is 4.10. The molecular formula is C13H15NO3S. The third-order valence-electron chi connectivity index (χ3n) is 2.82. The van der Waals surface area contributed by atoms with Crippen molar-refractivity contribution < 1.29 is 14.3 Å². The van der Waals surface area contributed by atoms with Crippen LogP contribution in [0.2, 0.25) is 0 Å². The van der Waals surface area contributed by atoms with Crippen molar-refractivity contribution in [3.63, 3.8) is 0 Å². The summed E-state index contributed by atoms with van der Waals surface area (Å²) in [6, 6.07) is 0. The largest absolute Gasteiger partial charge is 0.462 e. The highest BCUT2D eigenvalue weighted by molar-refractivity contribution is 7.17. The maximum Gasteiger partial charge on any atom is 0.341 e. The standard InChI is InChI=1S/C13H15NO3S/c1-3-10(15)14-12-11(13(16)17-4-2)8-6-5-7-9(8)18-12/h3H,1,4-7H2,2H3,(H,14,15). The summed E-state index contributed by atoms with van der Waals surface area (Å²) in [4.78, 5) is 24.5. The molecule has 0 spiro atoms. The fourth-order valence-corrected chi connectivity index (χ4v) is 3.35. The SMILES string of the molecule is C=CC(=O)Nc1sc2c(c1C(=O)OCC)CCC2. The lowest BCUT2D eigenvalue weighted by Gasteiger charge is -2.06. The van der Waals surface area contributed by atoms with Gasteiger partial charge in [0.15, 0.2) is 0 Å². The zero-order chi connectivity index (χ0) is 13.1. The molecule has 0 unspecified atom stereocenters. The van der Waals surface area contributed by atoms with Crippen LogP contribution in [-0.2, 0) is 22.4 Å². The van der Waals surface area contributed by atoms with Crippen LogP contribution in [0.5, 0.6) is 0 Å². The summed E-state index contributed by atoms with van der Waals surface area (Å²) in [5.41, 5.74) is 1.57. The van der Waals surface area contributed by atoms with E-state index in [1.807, 2.05) is 0 Å². The average molecular weight is 265 g/mol. The number of hydrogen-bond donors (Lipinski definition) is 1. The van der Waals surface area contributed by atoms with Gasteiger partial charge in [0.05, 0.1) is 12.2 Å². The first-order valence-electron chi connectivity index (χ1n) is 5.92. The van der Waals surface area contributed by atoms with E-state index in [9.17, 15) is 9.59 Å². The van der Waals surface area contributed by atoms with Gasteiger partial charge in [-0.1, -0.05) is 6.58 Å². The Hall–Kier alpha value is -1.62. The second kappa shape index (κ2) is 5.35. The number of thiophene rings is 1. The molecule has 96 valence electrons. The molecular weight excluding hydrogens is 250 g/mol. The number of anilines is 1. The van der Waals surface area contributed by atoms with Gasteiger partial charge in [0.2, 0.25) is 5.91 Å². The van der Waals surface area contributed by atoms with Crippen LogP contribution in [0.1, 0.15) is 34.1 Å². The van der Waals surface area contributed by atoms with Crippen molar-refractivity contribution in [2.75, 3.05) is 11.9 Å². The minimum absolute atomic E-state index is 0.305. The van der Waals surface area contributed by atoms with Gasteiger partial charge in [-0.15, -0.1) is 11.3 Å². The zero-order valence-electron chi connectivity index (χ0n) is 10.2. The highest BCUT2D eigenvalue weighted by Crippen LogP contribution is 2.39. The first kappa shape index (κ1) is 12.8. The van der Waals surface area contributed by atoms with E-state index in [1.165, 1.54) is 22.3 Å². The Morgan fingerprint density at radius 3 is 2.94 bits per heavy atom. The molecule has 1 aromatic rings. The molecule has 1 N–H and O–H groups in total. The summed E-state index contributed by atoms with van der Waals surface area (Å²) in [5.74, 6) is -0.656. The van der Waals surface area contributed by atoms with Gasteiger partial charge < -0.3 is 10.1 Å². The number of aryl methyl sites for hydroxylation is 1. The fraction of sp³-hybridized carbons (Fsp3) is 0.385. The molecule has 0 bridgehead atoms. The minimum atomic E-state index is -0.351. The van der Waals surface area contributed by atoms with Crippen LogP contribution in [0.4, 0.5) is 5.00 Å². The third-order valence-corrected chi connectivity index (χ3v) is 4.03. The van der Waals surface area contributed by atoms with E-state index < -0.39 is 0 Å². The van der Waals surface area contributed by atoms with Crippen LogP contribution >= 0.6 is 11.3 Å². The molecule has 4 nitrogen and oxygen atoms in total. The Morgan fingerprint density at radius 1 is 1.50 bits per heavy atom. The summed E-state index contributed by atoms with van der Waals surface area (Å²) >= 11 is 1.47. The van der Waals surface area contributed by atoms with Crippen LogP contribution in [0, 0.1) is 0 Å². The van der Waals surface area contributed by atoms with Crippen molar-refractivity contribution in [2.45, 2.75) is 26.2 Å². The number of carbonyl (C=O) groups is 2. The van der Waals surface area contributed by atoms with Crippen molar-refractivity contribution in [1.82, 2.24) is 0 Å². The lowest BCUT2D eigenvalue weighted by Crippen LogP contribution is -2.12. The number of amides is 1. The Kier molecular flexibility index (Phi) is 3.81. The predicted octanol–water partition coefficient (Wildman–Crippen LogP) is 2.54. The summed E-state index contributed by atoms with van der Waals surface area (Å²) in [6.45, 7) is 5.51. The van der Waals surface area contributed by atoms with Gasteiger partial charge in [-0.25, -0.2) is 4.79 Å².